The molecule has 1 aromatic carbocycles. The van der Waals surface area contributed by atoms with Crippen molar-refractivity contribution >= 4 is 17.8 Å². The molecule has 3 rings (SSSR count). The van der Waals surface area contributed by atoms with Crippen LogP contribution in [0.4, 0.5) is 4.79 Å². The Hall–Kier alpha value is -1.95. The number of amides is 2. The second kappa shape index (κ2) is 7.08. The monoisotopic (exact) mass is 330 g/mol. The van der Waals surface area contributed by atoms with Crippen LogP contribution in [-0.2, 0) is 13.5 Å². The molecule has 23 heavy (non-hydrogen) atoms. The molecule has 0 bridgehead atoms. The lowest BCUT2D eigenvalue weighted by Gasteiger charge is -2.25. The van der Waals surface area contributed by atoms with Gasteiger partial charge in [0.25, 0.3) is 0 Å². The van der Waals surface area contributed by atoms with Crippen LogP contribution in [0.5, 0.6) is 0 Å². The number of nitrogens with zero attached hydrogens (tertiary/aromatic N) is 2. The van der Waals surface area contributed by atoms with Crippen molar-refractivity contribution in [3.63, 3.8) is 0 Å². The smallest absolute Gasteiger partial charge is 0.315 e. The van der Waals surface area contributed by atoms with Crippen LogP contribution < -0.4 is 10.6 Å². The zero-order valence-electron chi connectivity index (χ0n) is 13.5. The summed E-state index contributed by atoms with van der Waals surface area (Å²) in [5.41, 5.74) is 3.76. The SMILES string of the molecule is C[C@@H](NC(=O)NC[C@@H]1SCCc2ccccc21)c1cnn(C)c1. The minimum Gasteiger partial charge on any atom is -0.337 e. The first kappa shape index (κ1) is 15.9. The second-order valence-corrected chi connectivity index (χ2v) is 7.14. The number of benzene rings is 1. The van der Waals surface area contributed by atoms with Crippen LogP contribution in [0.3, 0.4) is 0 Å². The van der Waals surface area contributed by atoms with Gasteiger partial charge in [-0.15, -0.1) is 0 Å². The minimum absolute atomic E-state index is 0.0602. The molecule has 2 atom stereocenters. The lowest BCUT2D eigenvalue weighted by atomic mass is 10.0. The van der Waals surface area contributed by atoms with E-state index in [-0.39, 0.29) is 12.1 Å². The molecule has 2 amide bonds. The molecule has 0 fully saturated rings. The molecular weight excluding hydrogens is 308 g/mol. The summed E-state index contributed by atoms with van der Waals surface area (Å²) in [6, 6.07) is 8.32. The van der Waals surface area contributed by atoms with E-state index in [0.717, 1.165) is 17.7 Å². The van der Waals surface area contributed by atoms with Crippen molar-refractivity contribution in [2.75, 3.05) is 12.3 Å². The van der Waals surface area contributed by atoms with Crippen molar-refractivity contribution in [2.45, 2.75) is 24.6 Å². The topological polar surface area (TPSA) is 59.0 Å². The highest BCUT2D eigenvalue weighted by atomic mass is 32.2. The molecule has 2 N–H and O–H groups in total. The molecule has 0 aliphatic carbocycles. The lowest BCUT2D eigenvalue weighted by Crippen LogP contribution is -2.39. The molecule has 1 aromatic heterocycles. The molecule has 0 radical (unpaired) electrons. The average Bonchev–Trinajstić information content (AvgIpc) is 2.99. The molecule has 2 heterocycles. The highest BCUT2D eigenvalue weighted by Crippen LogP contribution is 2.35. The lowest BCUT2D eigenvalue weighted by molar-refractivity contribution is 0.238. The number of nitrogens with one attached hydrogen (secondary N) is 2. The van der Waals surface area contributed by atoms with Crippen molar-refractivity contribution < 1.29 is 4.79 Å². The fraction of sp³-hybridized carbons (Fsp3) is 0.412. The molecule has 0 saturated heterocycles. The third-order valence-corrected chi connectivity index (χ3v) is 5.38. The summed E-state index contributed by atoms with van der Waals surface area (Å²) in [7, 11) is 1.87. The van der Waals surface area contributed by atoms with E-state index >= 15 is 0 Å². The normalized spacial score (nSPS) is 18.1. The van der Waals surface area contributed by atoms with Crippen molar-refractivity contribution in [1.29, 1.82) is 0 Å². The van der Waals surface area contributed by atoms with E-state index in [1.165, 1.54) is 11.1 Å². The highest BCUT2D eigenvalue weighted by Gasteiger charge is 2.21. The number of carbonyl (C=O) groups excluding carboxylic acids is 1. The van der Waals surface area contributed by atoms with Crippen LogP contribution in [0.1, 0.15) is 34.9 Å². The Kier molecular flexibility index (Phi) is 4.91. The van der Waals surface area contributed by atoms with Gasteiger partial charge in [0.2, 0.25) is 0 Å². The third kappa shape index (κ3) is 3.88. The van der Waals surface area contributed by atoms with Crippen LogP contribution in [0.15, 0.2) is 36.7 Å². The molecule has 1 aliphatic rings. The van der Waals surface area contributed by atoms with Crippen LogP contribution in [0.2, 0.25) is 0 Å². The molecule has 0 saturated carbocycles. The number of carbonyl (C=O) groups is 1. The predicted molar refractivity (Wildman–Crippen MR) is 93.5 cm³/mol. The summed E-state index contributed by atoms with van der Waals surface area (Å²) >= 11 is 1.91. The standard InChI is InChI=1S/C17H22N4OS/c1-12(14-9-19-21(2)11-14)20-17(22)18-10-16-15-6-4-3-5-13(15)7-8-23-16/h3-6,9,11-12,16H,7-8,10H2,1-2H3,(H2,18,20,22)/t12-,16+/m1/s1. The molecule has 0 spiro atoms. The maximum atomic E-state index is 12.1. The van der Waals surface area contributed by atoms with Gasteiger partial charge in [0.1, 0.15) is 0 Å². The van der Waals surface area contributed by atoms with Gasteiger partial charge >= 0.3 is 6.03 Å². The van der Waals surface area contributed by atoms with Gasteiger partial charge in [0.15, 0.2) is 0 Å². The van der Waals surface area contributed by atoms with E-state index in [1.807, 2.05) is 31.9 Å². The molecule has 122 valence electrons. The number of rotatable bonds is 4. The quantitative estimate of drug-likeness (QED) is 0.906. The van der Waals surface area contributed by atoms with Crippen molar-refractivity contribution in [3.05, 3.63) is 53.3 Å². The Morgan fingerprint density at radius 2 is 2.30 bits per heavy atom. The van der Waals surface area contributed by atoms with Crippen LogP contribution in [0, 0.1) is 0 Å². The summed E-state index contributed by atoms with van der Waals surface area (Å²) in [5.74, 6) is 1.11. The Morgan fingerprint density at radius 3 is 3.09 bits per heavy atom. The van der Waals surface area contributed by atoms with E-state index in [0.29, 0.717) is 11.8 Å². The van der Waals surface area contributed by atoms with Gasteiger partial charge < -0.3 is 10.6 Å². The molecule has 0 unspecified atom stereocenters. The fourth-order valence-corrected chi connectivity index (χ4v) is 4.06. The van der Waals surface area contributed by atoms with Crippen LogP contribution >= 0.6 is 11.8 Å². The molecule has 2 aromatic rings. The van der Waals surface area contributed by atoms with Gasteiger partial charge in [-0.05, 0) is 30.2 Å². The number of urea groups is 1. The summed E-state index contributed by atoms with van der Waals surface area (Å²) in [5, 5.41) is 10.4. The molecule has 5 nitrogen and oxygen atoms in total. The van der Waals surface area contributed by atoms with Gasteiger partial charge in [0.05, 0.1) is 12.2 Å². The van der Waals surface area contributed by atoms with Crippen LogP contribution in [-0.4, -0.2) is 28.1 Å². The maximum absolute atomic E-state index is 12.1. The fourth-order valence-electron chi connectivity index (χ4n) is 2.83. The van der Waals surface area contributed by atoms with Crippen molar-refractivity contribution in [2.24, 2.45) is 7.05 Å². The molecular formula is C17H22N4OS. The molecule has 1 aliphatic heterocycles. The van der Waals surface area contributed by atoms with E-state index in [4.69, 9.17) is 0 Å². The van der Waals surface area contributed by atoms with Gasteiger partial charge in [-0.2, -0.15) is 16.9 Å². The number of fused-ring (bicyclic) bond motifs is 1. The first-order valence-electron chi connectivity index (χ1n) is 7.86. The number of hydrogen-bond donors (Lipinski definition) is 2. The van der Waals surface area contributed by atoms with Crippen molar-refractivity contribution in [1.82, 2.24) is 20.4 Å². The average molecular weight is 330 g/mol. The van der Waals surface area contributed by atoms with E-state index in [9.17, 15) is 4.79 Å². The first-order valence-corrected chi connectivity index (χ1v) is 8.90. The maximum Gasteiger partial charge on any atom is 0.315 e. The van der Waals surface area contributed by atoms with E-state index in [1.54, 1.807) is 10.9 Å². The van der Waals surface area contributed by atoms with Gasteiger partial charge in [-0.1, -0.05) is 24.3 Å². The van der Waals surface area contributed by atoms with E-state index < -0.39 is 0 Å². The summed E-state index contributed by atoms with van der Waals surface area (Å²) < 4.78 is 1.74. The zero-order valence-corrected chi connectivity index (χ0v) is 14.3. The number of aromatic nitrogens is 2. The largest absolute Gasteiger partial charge is 0.337 e. The van der Waals surface area contributed by atoms with Crippen LogP contribution in [0.25, 0.3) is 0 Å². The van der Waals surface area contributed by atoms with Gasteiger partial charge in [-0.25, -0.2) is 4.79 Å². The third-order valence-electron chi connectivity index (χ3n) is 4.11. The van der Waals surface area contributed by atoms with Crippen molar-refractivity contribution in [3.8, 4) is 0 Å². The van der Waals surface area contributed by atoms with Gasteiger partial charge in [0, 0.05) is 30.6 Å². The minimum atomic E-state index is -0.134. The Labute approximate surface area is 140 Å². The second-order valence-electron chi connectivity index (χ2n) is 5.83. The summed E-state index contributed by atoms with van der Waals surface area (Å²) in [6.07, 6.45) is 4.80. The Morgan fingerprint density at radius 1 is 1.48 bits per heavy atom. The Bertz CT molecular complexity index is 685. The van der Waals surface area contributed by atoms with E-state index in [2.05, 4.69) is 40.0 Å². The molecule has 6 heteroatoms. The summed E-state index contributed by atoms with van der Waals surface area (Å²) in [6.45, 7) is 2.61. The zero-order chi connectivity index (χ0) is 16.2. The predicted octanol–water partition coefficient (Wildman–Crippen LogP) is 2.81. The Balaban J connectivity index is 1.54. The number of aryl methyl sites for hydroxylation is 2. The summed E-state index contributed by atoms with van der Waals surface area (Å²) in [4.78, 5) is 12.1. The number of hydrogen-bond acceptors (Lipinski definition) is 3. The highest BCUT2D eigenvalue weighted by molar-refractivity contribution is 7.99. The number of thioether (sulfide) groups is 1. The van der Waals surface area contributed by atoms with Gasteiger partial charge in [-0.3, -0.25) is 4.68 Å². The first-order chi connectivity index (χ1) is 11.1.